The van der Waals surface area contributed by atoms with E-state index in [0.717, 1.165) is 5.01 Å². The van der Waals surface area contributed by atoms with Crippen molar-refractivity contribution >= 4 is 17.3 Å². The first-order valence-electron chi connectivity index (χ1n) is 5.71. The van der Waals surface area contributed by atoms with Gasteiger partial charge in [0.2, 0.25) is 0 Å². The first-order valence-corrected chi connectivity index (χ1v) is 6.59. The number of nitrogens with zero attached hydrogens (tertiary/aromatic N) is 5. The zero-order valence-corrected chi connectivity index (χ0v) is 11.0. The van der Waals surface area contributed by atoms with Gasteiger partial charge in [0.1, 0.15) is 10.7 Å². The molecule has 100 valence electrons. The predicted molar refractivity (Wildman–Crippen MR) is 71.4 cm³/mol. The second-order valence-corrected chi connectivity index (χ2v) is 4.84. The Kier molecular flexibility index (Phi) is 3.21. The summed E-state index contributed by atoms with van der Waals surface area (Å²) in [7, 11) is 0. The molecule has 8 heteroatoms. The molecule has 0 unspecified atom stereocenters. The van der Waals surface area contributed by atoms with Crippen LogP contribution < -0.4 is 0 Å². The topological polar surface area (TPSA) is 93.8 Å². The second kappa shape index (κ2) is 5.17. The van der Waals surface area contributed by atoms with Gasteiger partial charge in [-0.05, 0) is 12.1 Å². The molecule has 0 amide bonds. The molecular formula is C12H9N5O2S. The fourth-order valence-corrected chi connectivity index (χ4v) is 2.32. The molecule has 0 aliphatic rings. The third-order valence-corrected chi connectivity index (χ3v) is 3.42. The molecule has 7 nitrogen and oxygen atoms in total. The highest BCUT2D eigenvalue weighted by Gasteiger charge is 2.12. The van der Waals surface area contributed by atoms with Crippen LogP contribution in [0.25, 0.3) is 10.7 Å². The van der Waals surface area contributed by atoms with E-state index in [1.807, 2.05) is 5.38 Å². The fourth-order valence-electron chi connectivity index (χ4n) is 1.74. The van der Waals surface area contributed by atoms with Crippen molar-refractivity contribution in [3.05, 3.63) is 47.4 Å². The molecule has 0 aliphatic heterocycles. The molecule has 20 heavy (non-hydrogen) atoms. The van der Waals surface area contributed by atoms with Gasteiger partial charge in [-0.1, -0.05) is 5.21 Å². The average Bonchev–Trinajstić information content (AvgIpc) is 3.09. The molecule has 0 bridgehead atoms. The van der Waals surface area contributed by atoms with Gasteiger partial charge >= 0.3 is 5.97 Å². The van der Waals surface area contributed by atoms with E-state index in [-0.39, 0.29) is 12.1 Å². The van der Waals surface area contributed by atoms with Crippen molar-refractivity contribution in [2.75, 3.05) is 0 Å². The summed E-state index contributed by atoms with van der Waals surface area (Å²) in [6, 6.07) is 3.11. The lowest BCUT2D eigenvalue weighted by atomic mass is 10.2. The Bertz CT molecular complexity index is 738. The molecule has 3 aromatic rings. The van der Waals surface area contributed by atoms with Crippen LogP contribution in [0.1, 0.15) is 16.1 Å². The van der Waals surface area contributed by atoms with E-state index in [2.05, 4.69) is 20.3 Å². The van der Waals surface area contributed by atoms with E-state index in [0.29, 0.717) is 11.4 Å². The summed E-state index contributed by atoms with van der Waals surface area (Å²) < 4.78 is 1.55. The maximum atomic E-state index is 11.1. The van der Waals surface area contributed by atoms with Crippen molar-refractivity contribution in [2.24, 2.45) is 0 Å². The number of carboxylic acids is 1. The standard InChI is InChI=1S/C12H9N5O2S/c18-12(19)8-2-1-3-13-9(8)6-17-7-10(15-16-17)11-14-4-5-20-11/h1-5,7H,6H2,(H,18,19). The van der Waals surface area contributed by atoms with Gasteiger partial charge in [0, 0.05) is 17.8 Å². The highest BCUT2D eigenvalue weighted by Crippen LogP contribution is 2.18. The van der Waals surface area contributed by atoms with Crippen LogP contribution in [-0.4, -0.2) is 36.0 Å². The fraction of sp³-hybridized carbons (Fsp3) is 0.0833. The molecule has 3 rings (SSSR count). The van der Waals surface area contributed by atoms with Crippen molar-refractivity contribution in [1.29, 1.82) is 0 Å². The maximum absolute atomic E-state index is 11.1. The normalized spacial score (nSPS) is 10.6. The smallest absolute Gasteiger partial charge is 0.337 e. The van der Waals surface area contributed by atoms with Crippen molar-refractivity contribution in [2.45, 2.75) is 6.54 Å². The van der Waals surface area contributed by atoms with Gasteiger partial charge < -0.3 is 5.11 Å². The first kappa shape index (κ1) is 12.4. The van der Waals surface area contributed by atoms with Crippen molar-refractivity contribution in [3.63, 3.8) is 0 Å². The molecule has 1 N–H and O–H groups in total. The molecule has 0 aliphatic carbocycles. The SMILES string of the molecule is O=C(O)c1cccnc1Cn1cc(-c2nccs2)nn1. The molecule has 0 atom stereocenters. The summed E-state index contributed by atoms with van der Waals surface area (Å²) in [5.74, 6) is -1.01. The van der Waals surface area contributed by atoms with Gasteiger partial charge in [0.25, 0.3) is 0 Å². The van der Waals surface area contributed by atoms with Crippen LogP contribution >= 0.6 is 11.3 Å². The van der Waals surface area contributed by atoms with E-state index in [1.165, 1.54) is 17.4 Å². The lowest BCUT2D eigenvalue weighted by Crippen LogP contribution is -2.09. The first-order chi connectivity index (χ1) is 9.74. The minimum atomic E-state index is -1.01. The molecule has 0 aromatic carbocycles. The second-order valence-electron chi connectivity index (χ2n) is 3.94. The van der Waals surface area contributed by atoms with Gasteiger partial charge in [-0.2, -0.15) is 0 Å². The molecule has 0 saturated carbocycles. The van der Waals surface area contributed by atoms with Gasteiger partial charge in [0.05, 0.1) is 24.0 Å². The van der Waals surface area contributed by atoms with E-state index in [4.69, 9.17) is 5.11 Å². The van der Waals surface area contributed by atoms with Crippen molar-refractivity contribution in [3.8, 4) is 10.7 Å². The van der Waals surface area contributed by atoms with E-state index < -0.39 is 5.97 Å². The summed E-state index contributed by atoms with van der Waals surface area (Å²) in [5, 5.41) is 19.7. The molecule has 0 saturated heterocycles. The van der Waals surface area contributed by atoms with E-state index in [1.54, 1.807) is 29.3 Å². The largest absolute Gasteiger partial charge is 0.478 e. The predicted octanol–water partition coefficient (Wildman–Crippen LogP) is 1.54. The van der Waals surface area contributed by atoms with Gasteiger partial charge in [-0.25, -0.2) is 14.5 Å². The monoisotopic (exact) mass is 287 g/mol. The van der Waals surface area contributed by atoms with Crippen LogP contribution in [0, 0.1) is 0 Å². The maximum Gasteiger partial charge on any atom is 0.337 e. The van der Waals surface area contributed by atoms with Crippen LogP contribution in [0.2, 0.25) is 0 Å². The number of pyridine rings is 1. The van der Waals surface area contributed by atoms with Gasteiger partial charge in [0.15, 0.2) is 0 Å². The summed E-state index contributed by atoms with van der Waals surface area (Å²) in [5.41, 5.74) is 1.27. The molecular weight excluding hydrogens is 278 g/mol. The number of aromatic nitrogens is 5. The third-order valence-electron chi connectivity index (χ3n) is 2.62. The Morgan fingerprint density at radius 1 is 1.35 bits per heavy atom. The summed E-state index contributed by atoms with van der Waals surface area (Å²) in [4.78, 5) is 19.3. The molecule has 3 heterocycles. The van der Waals surface area contributed by atoms with Crippen LogP contribution in [0.4, 0.5) is 0 Å². The van der Waals surface area contributed by atoms with Crippen LogP contribution in [0.3, 0.4) is 0 Å². The zero-order valence-electron chi connectivity index (χ0n) is 10.2. The highest BCUT2D eigenvalue weighted by molar-refractivity contribution is 7.13. The highest BCUT2D eigenvalue weighted by atomic mass is 32.1. The Labute approximate surface area is 117 Å². The number of rotatable bonds is 4. The number of thiazole rings is 1. The molecule has 0 spiro atoms. The van der Waals surface area contributed by atoms with E-state index in [9.17, 15) is 4.79 Å². The number of aromatic carboxylic acids is 1. The van der Waals surface area contributed by atoms with Gasteiger partial charge in [-0.15, -0.1) is 16.4 Å². The molecule has 3 aromatic heterocycles. The number of hydrogen-bond donors (Lipinski definition) is 1. The van der Waals surface area contributed by atoms with Crippen molar-refractivity contribution < 1.29 is 9.90 Å². The lowest BCUT2D eigenvalue weighted by molar-refractivity contribution is 0.0695. The number of carboxylic acid groups (broad SMARTS) is 1. The summed E-state index contributed by atoms with van der Waals surface area (Å²) in [6.07, 6.45) is 4.97. The summed E-state index contributed by atoms with van der Waals surface area (Å²) >= 11 is 1.47. The zero-order chi connectivity index (χ0) is 13.9. The minimum Gasteiger partial charge on any atom is -0.478 e. The van der Waals surface area contributed by atoms with Gasteiger partial charge in [-0.3, -0.25) is 4.98 Å². The Hall–Kier alpha value is -2.61. The Morgan fingerprint density at radius 2 is 2.25 bits per heavy atom. The van der Waals surface area contributed by atoms with Crippen LogP contribution in [-0.2, 0) is 6.54 Å². The third kappa shape index (κ3) is 2.41. The molecule has 0 fully saturated rings. The lowest BCUT2D eigenvalue weighted by Gasteiger charge is -2.03. The molecule has 0 radical (unpaired) electrons. The minimum absolute atomic E-state index is 0.166. The number of hydrogen-bond acceptors (Lipinski definition) is 6. The Balaban J connectivity index is 1.87. The van der Waals surface area contributed by atoms with Crippen LogP contribution in [0.5, 0.6) is 0 Å². The quantitative estimate of drug-likeness (QED) is 0.782. The Morgan fingerprint density at radius 3 is 3.00 bits per heavy atom. The average molecular weight is 287 g/mol. The number of carbonyl (C=O) groups is 1. The van der Waals surface area contributed by atoms with Crippen molar-refractivity contribution in [1.82, 2.24) is 25.0 Å². The summed E-state index contributed by atoms with van der Waals surface area (Å²) in [6.45, 7) is 0.251. The van der Waals surface area contributed by atoms with Crippen LogP contribution in [0.15, 0.2) is 36.1 Å². The van der Waals surface area contributed by atoms with E-state index >= 15 is 0 Å².